The van der Waals surface area contributed by atoms with Gasteiger partial charge in [0.1, 0.15) is 12.0 Å². The molecule has 0 radical (unpaired) electrons. The third-order valence-electron chi connectivity index (χ3n) is 2.76. The van der Waals surface area contributed by atoms with Crippen molar-refractivity contribution in [2.45, 2.75) is 13.0 Å². The van der Waals surface area contributed by atoms with E-state index >= 15 is 0 Å². The van der Waals surface area contributed by atoms with Crippen LogP contribution in [-0.2, 0) is 13.0 Å². The fraction of sp³-hybridized carbons (Fsp3) is 0.400. The molecular formula is C10H12N4. The van der Waals surface area contributed by atoms with Crippen LogP contribution in [0.1, 0.15) is 11.4 Å². The molecule has 0 spiro atoms. The quantitative estimate of drug-likeness (QED) is 0.610. The minimum atomic E-state index is 0.974. The Kier molecular flexibility index (Phi) is 1.58. The molecule has 2 aromatic heterocycles. The monoisotopic (exact) mass is 188 g/mol. The molecule has 1 aliphatic rings. The Hall–Kier alpha value is -1.42. The van der Waals surface area contributed by atoms with Gasteiger partial charge in [0.2, 0.25) is 0 Å². The Labute approximate surface area is 82.2 Å². The molecule has 4 heteroatoms. The number of rotatable bonds is 0. The number of hydrogen-bond acceptors (Lipinski definition) is 3. The third kappa shape index (κ3) is 1.04. The van der Waals surface area contributed by atoms with Crippen LogP contribution in [0.2, 0.25) is 0 Å². The van der Waals surface area contributed by atoms with Crippen molar-refractivity contribution in [1.29, 1.82) is 0 Å². The molecule has 0 atom stereocenters. The minimum Gasteiger partial charge on any atom is -0.300 e. The Morgan fingerprint density at radius 1 is 1.43 bits per heavy atom. The molecule has 4 nitrogen and oxygen atoms in total. The van der Waals surface area contributed by atoms with Gasteiger partial charge in [-0.15, -0.1) is 0 Å². The number of hydrogen-bond donors (Lipinski definition) is 0. The fourth-order valence-corrected chi connectivity index (χ4v) is 1.99. The van der Waals surface area contributed by atoms with Gasteiger partial charge in [0.25, 0.3) is 0 Å². The van der Waals surface area contributed by atoms with E-state index in [2.05, 4.69) is 26.3 Å². The summed E-state index contributed by atoms with van der Waals surface area (Å²) in [6.07, 6.45) is 4.69. The van der Waals surface area contributed by atoms with Crippen molar-refractivity contribution >= 4 is 5.65 Å². The molecule has 0 bridgehead atoms. The van der Waals surface area contributed by atoms with Crippen LogP contribution < -0.4 is 0 Å². The minimum absolute atomic E-state index is 0.974. The smallest absolute Gasteiger partial charge is 0.140 e. The van der Waals surface area contributed by atoms with E-state index in [1.54, 1.807) is 6.20 Å². The SMILES string of the molecule is CN1CCc2nc3ccncn3c2C1. The lowest BCUT2D eigenvalue weighted by molar-refractivity contribution is 0.305. The molecule has 0 aliphatic carbocycles. The maximum absolute atomic E-state index is 4.58. The van der Waals surface area contributed by atoms with Crippen LogP contribution in [0.3, 0.4) is 0 Å². The van der Waals surface area contributed by atoms with Gasteiger partial charge in [-0.05, 0) is 13.1 Å². The summed E-state index contributed by atoms with van der Waals surface area (Å²) in [5.74, 6) is 0. The van der Waals surface area contributed by atoms with Crippen molar-refractivity contribution in [3.05, 3.63) is 30.0 Å². The topological polar surface area (TPSA) is 33.4 Å². The van der Waals surface area contributed by atoms with Gasteiger partial charge in [0, 0.05) is 25.7 Å². The molecule has 0 saturated carbocycles. The molecule has 14 heavy (non-hydrogen) atoms. The number of imidazole rings is 1. The molecule has 2 aromatic rings. The van der Waals surface area contributed by atoms with E-state index < -0.39 is 0 Å². The molecule has 0 saturated heterocycles. The first-order valence-electron chi connectivity index (χ1n) is 4.83. The van der Waals surface area contributed by atoms with Crippen molar-refractivity contribution < 1.29 is 0 Å². The van der Waals surface area contributed by atoms with Crippen molar-refractivity contribution in [3.8, 4) is 0 Å². The maximum Gasteiger partial charge on any atom is 0.140 e. The molecule has 3 rings (SSSR count). The standard InChI is InChI=1S/C10H12N4/c1-13-5-3-8-9(6-13)14-7-11-4-2-10(14)12-8/h2,4,7H,3,5-6H2,1H3. The number of likely N-dealkylation sites (N-methyl/N-ethyl adjacent to an activating group) is 1. The molecular weight excluding hydrogens is 176 g/mol. The molecule has 1 aliphatic heterocycles. The van der Waals surface area contributed by atoms with E-state index in [4.69, 9.17) is 0 Å². The summed E-state index contributed by atoms with van der Waals surface area (Å²) in [7, 11) is 2.14. The van der Waals surface area contributed by atoms with E-state index in [0.29, 0.717) is 0 Å². The Morgan fingerprint density at radius 2 is 2.36 bits per heavy atom. The molecule has 0 unspecified atom stereocenters. The normalized spacial score (nSPS) is 17.2. The highest BCUT2D eigenvalue weighted by Gasteiger charge is 2.18. The average Bonchev–Trinajstić information content (AvgIpc) is 2.56. The summed E-state index contributed by atoms with van der Waals surface area (Å²) in [5, 5.41) is 0. The molecule has 0 fully saturated rings. The van der Waals surface area contributed by atoms with E-state index in [1.165, 1.54) is 11.4 Å². The van der Waals surface area contributed by atoms with Crippen LogP contribution in [0, 0.1) is 0 Å². The van der Waals surface area contributed by atoms with Gasteiger partial charge >= 0.3 is 0 Å². The zero-order valence-electron chi connectivity index (χ0n) is 8.14. The predicted molar refractivity (Wildman–Crippen MR) is 53.0 cm³/mol. The Morgan fingerprint density at radius 3 is 3.29 bits per heavy atom. The van der Waals surface area contributed by atoms with Gasteiger partial charge in [0.05, 0.1) is 11.4 Å². The van der Waals surface area contributed by atoms with Crippen molar-refractivity contribution in [2.75, 3.05) is 13.6 Å². The highest BCUT2D eigenvalue weighted by molar-refractivity contribution is 5.42. The summed E-state index contributed by atoms with van der Waals surface area (Å²) in [6.45, 7) is 2.08. The predicted octanol–water partition coefficient (Wildman–Crippen LogP) is 0.717. The van der Waals surface area contributed by atoms with Gasteiger partial charge in [-0.25, -0.2) is 9.97 Å². The van der Waals surface area contributed by atoms with Crippen molar-refractivity contribution in [3.63, 3.8) is 0 Å². The van der Waals surface area contributed by atoms with Crippen molar-refractivity contribution in [2.24, 2.45) is 0 Å². The molecule has 0 amide bonds. The lowest BCUT2D eigenvalue weighted by Crippen LogP contribution is -2.27. The van der Waals surface area contributed by atoms with Crippen LogP contribution in [0.5, 0.6) is 0 Å². The number of nitrogens with zero attached hydrogens (tertiary/aromatic N) is 4. The Balaban J connectivity index is 2.25. The largest absolute Gasteiger partial charge is 0.300 e. The summed E-state index contributed by atoms with van der Waals surface area (Å²) in [4.78, 5) is 11.0. The van der Waals surface area contributed by atoms with E-state index in [1.807, 2.05) is 12.4 Å². The molecule has 0 aromatic carbocycles. The van der Waals surface area contributed by atoms with Crippen LogP contribution in [0.25, 0.3) is 5.65 Å². The molecule has 0 N–H and O–H groups in total. The van der Waals surface area contributed by atoms with E-state index in [-0.39, 0.29) is 0 Å². The van der Waals surface area contributed by atoms with Gasteiger partial charge in [-0.2, -0.15) is 0 Å². The molecule has 3 heterocycles. The summed E-state index contributed by atoms with van der Waals surface area (Å²) >= 11 is 0. The van der Waals surface area contributed by atoms with E-state index in [9.17, 15) is 0 Å². The lowest BCUT2D eigenvalue weighted by atomic mass is 10.1. The van der Waals surface area contributed by atoms with E-state index in [0.717, 1.165) is 25.2 Å². The first-order chi connectivity index (χ1) is 6.84. The summed E-state index contributed by atoms with van der Waals surface area (Å²) in [6, 6.07) is 1.96. The van der Waals surface area contributed by atoms with Crippen LogP contribution in [0.4, 0.5) is 0 Å². The highest BCUT2D eigenvalue weighted by atomic mass is 15.2. The summed E-state index contributed by atoms with van der Waals surface area (Å²) in [5.41, 5.74) is 3.54. The average molecular weight is 188 g/mol. The fourth-order valence-electron chi connectivity index (χ4n) is 1.99. The first-order valence-corrected chi connectivity index (χ1v) is 4.83. The zero-order chi connectivity index (χ0) is 9.54. The van der Waals surface area contributed by atoms with Crippen LogP contribution in [-0.4, -0.2) is 32.9 Å². The second-order valence-corrected chi connectivity index (χ2v) is 3.80. The summed E-state index contributed by atoms with van der Waals surface area (Å²) < 4.78 is 2.09. The second kappa shape index (κ2) is 2.78. The lowest BCUT2D eigenvalue weighted by Gasteiger charge is -2.21. The van der Waals surface area contributed by atoms with Gasteiger partial charge in [-0.3, -0.25) is 4.40 Å². The maximum atomic E-state index is 4.58. The Bertz CT molecular complexity index is 474. The van der Waals surface area contributed by atoms with Crippen LogP contribution in [0.15, 0.2) is 18.6 Å². The number of aromatic nitrogens is 3. The van der Waals surface area contributed by atoms with Crippen LogP contribution >= 0.6 is 0 Å². The number of fused-ring (bicyclic) bond motifs is 3. The highest BCUT2D eigenvalue weighted by Crippen LogP contribution is 2.18. The van der Waals surface area contributed by atoms with Gasteiger partial charge < -0.3 is 4.90 Å². The molecule has 72 valence electrons. The van der Waals surface area contributed by atoms with Gasteiger partial charge in [-0.1, -0.05) is 0 Å². The van der Waals surface area contributed by atoms with Gasteiger partial charge in [0.15, 0.2) is 0 Å². The zero-order valence-corrected chi connectivity index (χ0v) is 8.14. The van der Waals surface area contributed by atoms with Crippen molar-refractivity contribution in [1.82, 2.24) is 19.3 Å². The second-order valence-electron chi connectivity index (χ2n) is 3.80. The first kappa shape index (κ1) is 7.94. The third-order valence-corrected chi connectivity index (χ3v) is 2.76.